The molecule has 35 heavy (non-hydrogen) atoms. The Morgan fingerprint density at radius 1 is 0.829 bits per heavy atom. The van der Waals surface area contributed by atoms with E-state index in [1.54, 1.807) is 17.0 Å². The van der Waals surface area contributed by atoms with Crippen LogP contribution in [0.2, 0.25) is 0 Å². The van der Waals surface area contributed by atoms with Gasteiger partial charge in [-0.25, -0.2) is 8.42 Å². The molecule has 0 N–H and O–H groups in total. The average molecular weight is 494 g/mol. The number of nitrogens with zero attached hydrogens (tertiary/aromatic N) is 3. The summed E-state index contributed by atoms with van der Waals surface area (Å²) in [5.41, 5.74) is 1.76. The lowest BCUT2D eigenvalue weighted by Gasteiger charge is -2.34. The largest absolute Gasteiger partial charge is 0.336 e. The number of carbonyl (C=O) groups excluding carboxylic acids is 1. The molecule has 4 rings (SSSR count). The molecule has 0 saturated carbocycles. The summed E-state index contributed by atoms with van der Waals surface area (Å²) in [6.07, 6.45) is 0. The standard InChI is InChI=1S/C28H35N3O3S/c1-21(2)31(22(3)4)20-23-8-7-11-26(18-23)28(32)29-14-16-30(17-15-29)35(33,34)27-13-12-24-9-5-6-10-25(24)19-27/h5-13,18-19,21-22H,14-17,20H2,1-4H3. The fourth-order valence-electron chi connectivity index (χ4n) is 4.77. The Bertz CT molecular complexity index is 1290. The van der Waals surface area contributed by atoms with E-state index in [2.05, 4.69) is 38.7 Å². The Balaban J connectivity index is 1.43. The number of hydrogen-bond acceptors (Lipinski definition) is 4. The summed E-state index contributed by atoms with van der Waals surface area (Å²) in [6.45, 7) is 10.8. The first-order valence-corrected chi connectivity index (χ1v) is 13.7. The van der Waals surface area contributed by atoms with E-state index in [9.17, 15) is 13.2 Å². The summed E-state index contributed by atoms with van der Waals surface area (Å²) in [7, 11) is -3.61. The number of benzene rings is 3. The Morgan fingerprint density at radius 2 is 1.49 bits per heavy atom. The lowest BCUT2D eigenvalue weighted by molar-refractivity contribution is 0.0697. The molecule has 186 valence electrons. The third-order valence-electron chi connectivity index (χ3n) is 6.75. The molecule has 1 fully saturated rings. The molecule has 0 spiro atoms. The zero-order valence-electron chi connectivity index (χ0n) is 21.0. The molecular formula is C28H35N3O3S. The summed E-state index contributed by atoms with van der Waals surface area (Å²) in [5.74, 6) is -0.0461. The van der Waals surface area contributed by atoms with Gasteiger partial charge in [0.1, 0.15) is 0 Å². The van der Waals surface area contributed by atoms with Crippen molar-refractivity contribution in [3.05, 3.63) is 77.9 Å². The first-order chi connectivity index (χ1) is 16.7. The van der Waals surface area contributed by atoms with Gasteiger partial charge in [-0.05, 0) is 68.3 Å². The maximum Gasteiger partial charge on any atom is 0.253 e. The summed E-state index contributed by atoms with van der Waals surface area (Å²) < 4.78 is 28.0. The van der Waals surface area contributed by atoms with Crippen molar-refractivity contribution in [1.82, 2.24) is 14.1 Å². The Labute approximate surface area is 209 Å². The molecule has 0 radical (unpaired) electrons. The average Bonchev–Trinajstić information content (AvgIpc) is 2.86. The summed E-state index contributed by atoms with van der Waals surface area (Å²) in [5, 5.41) is 1.91. The highest BCUT2D eigenvalue weighted by atomic mass is 32.2. The molecule has 1 aliphatic heterocycles. The second-order valence-electron chi connectivity index (χ2n) is 9.77. The molecule has 1 heterocycles. The van der Waals surface area contributed by atoms with Crippen molar-refractivity contribution in [3.63, 3.8) is 0 Å². The topological polar surface area (TPSA) is 60.9 Å². The van der Waals surface area contributed by atoms with E-state index in [1.807, 2.05) is 48.5 Å². The minimum absolute atomic E-state index is 0.0461. The van der Waals surface area contributed by atoms with E-state index < -0.39 is 10.0 Å². The van der Waals surface area contributed by atoms with Crippen molar-refractivity contribution in [2.45, 2.75) is 51.2 Å². The van der Waals surface area contributed by atoms with Crippen LogP contribution in [0, 0.1) is 0 Å². The molecule has 7 heteroatoms. The van der Waals surface area contributed by atoms with Crippen molar-refractivity contribution in [2.24, 2.45) is 0 Å². The summed E-state index contributed by atoms with van der Waals surface area (Å²) in [6, 6.07) is 21.6. The van der Waals surface area contributed by atoms with E-state index >= 15 is 0 Å². The van der Waals surface area contributed by atoms with Gasteiger partial charge in [0, 0.05) is 50.4 Å². The van der Waals surface area contributed by atoms with E-state index in [4.69, 9.17) is 0 Å². The van der Waals surface area contributed by atoms with Gasteiger partial charge in [0.25, 0.3) is 5.91 Å². The SMILES string of the molecule is CC(C)N(Cc1cccc(C(=O)N2CCN(S(=O)(=O)c3ccc4ccccc4c3)CC2)c1)C(C)C. The van der Waals surface area contributed by atoms with Crippen LogP contribution < -0.4 is 0 Å². The van der Waals surface area contributed by atoms with Crippen LogP contribution in [-0.2, 0) is 16.6 Å². The number of sulfonamides is 1. The molecule has 6 nitrogen and oxygen atoms in total. The molecule has 0 unspecified atom stereocenters. The highest BCUT2D eigenvalue weighted by Gasteiger charge is 2.30. The lowest BCUT2D eigenvalue weighted by atomic mass is 10.1. The van der Waals surface area contributed by atoms with Crippen molar-refractivity contribution in [2.75, 3.05) is 26.2 Å². The molecule has 1 aliphatic rings. The van der Waals surface area contributed by atoms with Crippen LogP contribution in [0.25, 0.3) is 10.8 Å². The maximum atomic E-state index is 13.3. The first-order valence-electron chi connectivity index (χ1n) is 12.3. The number of hydrogen-bond donors (Lipinski definition) is 0. The molecule has 1 saturated heterocycles. The fourth-order valence-corrected chi connectivity index (χ4v) is 6.22. The van der Waals surface area contributed by atoms with Gasteiger partial charge in [0.2, 0.25) is 10.0 Å². The predicted octanol–water partition coefficient (Wildman–Crippen LogP) is 4.61. The molecule has 0 bridgehead atoms. The van der Waals surface area contributed by atoms with Crippen molar-refractivity contribution in [1.29, 1.82) is 0 Å². The second-order valence-corrected chi connectivity index (χ2v) is 11.7. The van der Waals surface area contributed by atoms with Gasteiger partial charge in [0.15, 0.2) is 0 Å². The van der Waals surface area contributed by atoms with Crippen LogP contribution in [-0.4, -0.2) is 66.7 Å². The number of piperazine rings is 1. The van der Waals surface area contributed by atoms with E-state index in [0.29, 0.717) is 35.6 Å². The Kier molecular flexibility index (Phi) is 7.59. The summed E-state index contributed by atoms with van der Waals surface area (Å²) >= 11 is 0. The monoisotopic (exact) mass is 493 g/mol. The molecule has 0 atom stereocenters. The zero-order valence-corrected chi connectivity index (χ0v) is 21.8. The third kappa shape index (κ3) is 5.58. The molecular weight excluding hydrogens is 458 g/mol. The van der Waals surface area contributed by atoms with Gasteiger partial charge in [-0.2, -0.15) is 4.31 Å². The van der Waals surface area contributed by atoms with Gasteiger partial charge in [0.05, 0.1) is 4.90 Å². The predicted molar refractivity (Wildman–Crippen MR) is 141 cm³/mol. The zero-order chi connectivity index (χ0) is 25.2. The van der Waals surface area contributed by atoms with Crippen molar-refractivity contribution in [3.8, 4) is 0 Å². The minimum atomic E-state index is -3.61. The van der Waals surface area contributed by atoms with Crippen molar-refractivity contribution < 1.29 is 13.2 Å². The van der Waals surface area contributed by atoms with Crippen LogP contribution in [0.3, 0.4) is 0 Å². The van der Waals surface area contributed by atoms with Gasteiger partial charge < -0.3 is 4.90 Å². The quantitative estimate of drug-likeness (QED) is 0.482. The fraction of sp³-hybridized carbons (Fsp3) is 0.393. The second kappa shape index (κ2) is 10.5. The Morgan fingerprint density at radius 3 is 2.14 bits per heavy atom. The van der Waals surface area contributed by atoms with Crippen LogP contribution in [0.15, 0.2) is 71.6 Å². The highest BCUT2D eigenvalue weighted by Crippen LogP contribution is 2.23. The first kappa shape index (κ1) is 25.4. The van der Waals surface area contributed by atoms with Crippen molar-refractivity contribution >= 4 is 26.7 Å². The van der Waals surface area contributed by atoms with Gasteiger partial charge in [-0.3, -0.25) is 9.69 Å². The molecule has 3 aromatic carbocycles. The number of rotatable bonds is 7. The van der Waals surface area contributed by atoms with E-state index in [0.717, 1.165) is 22.9 Å². The third-order valence-corrected chi connectivity index (χ3v) is 8.64. The Hall–Kier alpha value is -2.74. The van der Waals surface area contributed by atoms with Crippen LogP contribution in [0.1, 0.15) is 43.6 Å². The van der Waals surface area contributed by atoms with Crippen LogP contribution in [0.4, 0.5) is 0 Å². The number of carbonyl (C=O) groups is 1. The van der Waals surface area contributed by atoms with E-state index in [1.165, 1.54) is 4.31 Å². The summed E-state index contributed by atoms with van der Waals surface area (Å²) in [4.78, 5) is 17.7. The van der Waals surface area contributed by atoms with Crippen LogP contribution >= 0.6 is 0 Å². The molecule has 3 aromatic rings. The number of amides is 1. The number of fused-ring (bicyclic) bond motifs is 1. The maximum absolute atomic E-state index is 13.3. The van der Waals surface area contributed by atoms with Gasteiger partial charge >= 0.3 is 0 Å². The highest BCUT2D eigenvalue weighted by molar-refractivity contribution is 7.89. The van der Waals surface area contributed by atoms with Gasteiger partial charge in [-0.15, -0.1) is 0 Å². The lowest BCUT2D eigenvalue weighted by Crippen LogP contribution is -2.50. The smallest absolute Gasteiger partial charge is 0.253 e. The normalized spacial score (nSPS) is 15.5. The van der Waals surface area contributed by atoms with Crippen LogP contribution in [0.5, 0.6) is 0 Å². The van der Waals surface area contributed by atoms with Gasteiger partial charge in [-0.1, -0.05) is 42.5 Å². The minimum Gasteiger partial charge on any atom is -0.336 e. The molecule has 0 aliphatic carbocycles. The van der Waals surface area contributed by atoms with E-state index in [-0.39, 0.29) is 19.0 Å². The molecule has 1 amide bonds. The molecule has 0 aromatic heterocycles.